The molecule has 8 heteroatoms. The fraction of sp³-hybridized carbons (Fsp3) is 0.294. The fourth-order valence-corrected chi connectivity index (χ4v) is 3.13. The number of nitrogens with zero attached hydrogens (tertiary/aromatic N) is 3. The normalized spacial score (nSPS) is 12.5. The Labute approximate surface area is 148 Å². The number of carbonyl (C=O) groups excluding carboxylic acids is 1. The molecule has 0 fully saturated rings. The van der Waals surface area contributed by atoms with Gasteiger partial charge in [0.05, 0.1) is 0 Å². The van der Waals surface area contributed by atoms with Gasteiger partial charge in [0, 0.05) is 23.8 Å². The minimum absolute atomic E-state index is 0.0593. The molecule has 1 amide bonds. The van der Waals surface area contributed by atoms with Crippen molar-refractivity contribution in [2.45, 2.75) is 32.5 Å². The lowest BCUT2D eigenvalue weighted by Gasteiger charge is -2.11. The van der Waals surface area contributed by atoms with Gasteiger partial charge in [-0.2, -0.15) is 5.26 Å². The maximum atomic E-state index is 12.4. The van der Waals surface area contributed by atoms with Crippen LogP contribution in [0.1, 0.15) is 23.2 Å². The van der Waals surface area contributed by atoms with Crippen molar-refractivity contribution in [1.82, 2.24) is 14.5 Å². The van der Waals surface area contributed by atoms with Crippen LogP contribution in [-0.4, -0.2) is 15.0 Å². The van der Waals surface area contributed by atoms with Gasteiger partial charge in [0.25, 0.3) is 5.56 Å². The zero-order valence-corrected chi connectivity index (χ0v) is 14.0. The van der Waals surface area contributed by atoms with Crippen molar-refractivity contribution < 1.29 is 4.79 Å². The third kappa shape index (κ3) is 3.21. The van der Waals surface area contributed by atoms with Crippen molar-refractivity contribution in [3.8, 4) is 6.07 Å². The van der Waals surface area contributed by atoms with Gasteiger partial charge in [0.2, 0.25) is 5.91 Å². The van der Waals surface area contributed by atoms with Gasteiger partial charge in [-0.15, -0.1) is 0 Å². The van der Waals surface area contributed by atoms with Crippen LogP contribution in [0.2, 0.25) is 5.02 Å². The van der Waals surface area contributed by atoms with Gasteiger partial charge < -0.3 is 5.32 Å². The van der Waals surface area contributed by atoms with Gasteiger partial charge in [-0.1, -0.05) is 29.8 Å². The zero-order valence-electron chi connectivity index (χ0n) is 13.3. The Balaban J connectivity index is 1.83. The Morgan fingerprint density at radius 1 is 1.32 bits per heavy atom. The van der Waals surface area contributed by atoms with Crippen LogP contribution in [0, 0.1) is 11.3 Å². The molecule has 0 aliphatic carbocycles. The Morgan fingerprint density at radius 2 is 2.08 bits per heavy atom. The topological polar surface area (TPSA) is 96.9 Å². The molecule has 0 saturated carbocycles. The summed E-state index contributed by atoms with van der Waals surface area (Å²) < 4.78 is 2.22. The highest BCUT2D eigenvalue weighted by molar-refractivity contribution is 6.31. The molecule has 128 valence electrons. The number of benzene rings is 1. The maximum Gasteiger partial charge on any atom is 0.331 e. The number of halogens is 1. The molecule has 0 radical (unpaired) electrons. The van der Waals surface area contributed by atoms with Gasteiger partial charge in [-0.05, 0) is 24.5 Å². The van der Waals surface area contributed by atoms with Gasteiger partial charge in [-0.3, -0.25) is 14.2 Å². The Morgan fingerprint density at radius 3 is 2.80 bits per heavy atom. The average Bonchev–Trinajstić information content (AvgIpc) is 3.08. The summed E-state index contributed by atoms with van der Waals surface area (Å²) >= 11 is 6.03. The second kappa shape index (κ2) is 6.95. The first-order valence-corrected chi connectivity index (χ1v) is 8.17. The van der Waals surface area contributed by atoms with Crippen LogP contribution in [0.25, 0.3) is 0 Å². The van der Waals surface area contributed by atoms with Crippen molar-refractivity contribution in [2.75, 3.05) is 0 Å². The molecule has 7 nitrogen and oxygen atoms in total. The number of nitriles is 1. The summed E-state index contributed by atoms with van der Waals surface area (Å²) in [6, 6.07) is 8.91. The zero-order chi connectivity index (χ0) is 18.0. The Kier molecular flexibility index (Phi) is 4.72. The van der Waals surface area contributed by atoms with E-state index in [1.165, 1.54) is 4.57 Å². The molecule has 3 rings (SSSR count). The number of rotatable bonds is 4. The Bertz CT molecular complexity index is 1000. The standard InChI is InChI=1S/C17H15ClN4O3/c18-13-5-2-1-4-11(13)9-20-15(23)10-22-16(24)12(8-19)14-6-3-7-21(14)17(22)25/h1-2,4-5H,3,6-7,9-10H2,(H,20,23). The average molecular weight is 359 g/mol. The molecule has 0 unspecified atom stereocenters. The summed E-state index contributed by atoms with van der Waals surface area (Å²) in [6.07, 6.45) is 1.22. The van der Waals surface area contributed by atoms with Crippen molar-refractivity contribution in [3.05, 3.63) is 66.9 Å². The summed E-state index contributed by atoms with van der Waals surface area (Å²) in [7, 11) is 0. The molecule has 2 heterocycles. The van der Waals surface area contributed by atoms with Crippen LogP contribution in [0.5, 0.6) is 0 Å². The van der Waals surface area contributed by atoms with E-state index in [0.29, 0.717) is 30.1 Å². The van der Waals surface area contributed by atoms with Crippen LogP contribution >= 0.6 is 11.6 Å². The third-order valence-electron chi connectivity index (χ3n) is 4.18. The van der Waals surface area contributed by atoms with Crippen molar-refractivity contribution in [1.29, 1.82) is 5.26 Å². The molecular weight excluding hydrogens is 344 g/mol. The number of amides is 1. The predicted octanol–water partition coefficient (Wildman–Crippen LogP) is 0.798. The number of aromatic nitrogens is 2. The predicted molar refractivity (Wildman–Crippen MR) is 91.3 cm³/mol. The minimum Gasteiger partial charge on any atom is -0.350 e. The van der Waals surface area contributed by atoms with E-state index in [4.69, 9.17) is 11.6 Å². The second-order valence-electron chi connectivity index (χ2n) is 5.73. The molecule has 0 bridgehead atoms. The lowest BCUT2D eigenvalue weighted by molar-refractivity contribution is -0.121. The number of hydrogen-bond acceptors (Lipinski definition) is 4. The fourth-order valence-electron chi connectivity index (χ4n) is 2.92. The summed E-state index contributed by atoms with van der Waals surface area (Å²) in [6.45, 7) is 0.200. The molecule has 25 heavy (non-hydrogen) atoms. The van der Waals surface area contributed by atoms with E-state index in [0.717, 1.165) is 10.1 Å². The van der Waals surface area contributed by atoms with E-state index in [-0.39, 0.29) is 12.1 Å². The molecule has 0 spiro atoms. The first-order valence-electron chi connectivity index (χ1n) is 7.79. The highest BCUT2D eigenvalue weighted by Gasteiger charge is 2.23. The number of fused-ring (bicyclic) bond motifs is 1. The molecule has 0 saturated heterocycles. The van der Waals surface area contributed by atoms with E-state index in [9.17, 15) is 19.6 Å². The molecule has 1 aromatic heterocycles. The number of nitrogens with one attached hydrogen (secondary N) is 1. The molecule has 1 aliphatic rings. The number of hydrogen-bond donors (Lipinski definition) is 1. The van der Waals surface area contributed by atoms with Crippen molar-refractivity contribution in [3.63, 3.8) is 0 Å². The lowest BCUT2D eigenvalue weighted by atomic mass is 10.2. The van der Waals surface area contributed by atoms with Crippen LogP contribution in [0.4, 0.5) is 0 Å². The maximum absolute atomic E-state index is 12.4. The smallest absolute Gasteiger partial charge is 0.331 e. The van der Waals surface area contributed by atoms with E-state index < -0.39 is 23.7 Å². The second-order valence-corrected chi connectivity index (χ2v) is 6.14. The highest BCUT2D eigenvalue weighted by atomic mass is 35.5. The summed E-state index contributed by atoms with van der Waals surface area (Å²) in [5.41, 5.74) is -0.132. The van der Waals surface area contributed by atoms with Crippen molar-refractivity contribution in [2.24, 2.45) is 0 Å². The summed E-state index contributed by atoms with van der Waals surface area (Å²) in [5.74, 6) is -0.499. The van der Waals surface area contributed by atoms with E-state index in [1.807, 2.05) is 6.07 Å². The molecule has 1 N–H and O–H groups in total. The SMILES string of the molecule is N#Cc1c2n(c(=O)n(CC(=O)NCc3ccccc3Cl)c1=O)CCC2. The van der Waals surface area contributed by atoms with Gasteiger partial charge in [0.1, 0.15) is 18.2 Å². The van der Waals surface area contributed by atoms with Crippen LogP contribution in [0.15, 0.2) is 33.9 Å². The van der Waals surface area contributed by atoms with Gasteiger partial charge >= 0.3 is 5.69 Å². The van der Waals surface area contributed by atoms with E-state index >= 15 is 0 Å². The molecule has 1 aliphatic heterocycles. The lowest BCUT2D eigenvalue weighted by Crippen LogP contribution is -2.45. The first kappa shape index (κ1) is 17.0. The molecule has 1 aromatic carbocycles. The monoisotopic (exact) mass is 358 g/mol. The van der Waals surface area contributed by atoms with E-state index in [1.54, 1.807) is 24.3 Å². The minimum atomic E-state index is -0.714. The highest BCUT2D eigenvalue weighted by Crippen LogP contribution is 2.14. The van der Waals surface area contributed by atoms with Crippen LogP contribution in [-0.2, 0) is 30.8 Å². The quantitative estimate of drug-likeness (QED) is 0.874. The molecule has 0 atom stereocenters. The van der Waals surface area contributed by atoms with Gasteiger partial charge in [0.15, 0.2) is 0 Å². The largest absolute Gasteiger partial charge is 0.350 e. The van der Waals surface area contributed by atoms with Crippen molar-refractivity contribution >= 4 is 17.5 Å². The van der Waals surface area contributed by atoms with Crippen LogP contribution in [0.3, 0.4) is 0 Å². The molecule has 2 aromatic rings. The molecular formula is C17H15ClN4O3. The first-order chi connectivity index (χ1) is 12.0. The third-order valence-corrected chi connectivity index (χ3v) is 4.55. The van der Waals surface area contributed by atoms with Gasteiger partial charge in [-0.25, -0.2) is 9.36 Å². The summed E-state index contributed by atoms with van der Waals surface area (Å²) in [4.78, 5) is 37.0. The Hall–Kier alpha value is -2.85. The summed E-state index contributed by atoms with van der Waals surface area (Å²) in [5, 5.41) is 12.4. The number of carbonyl (C=O) groups is 1. The van der Waals surface area contributed by atoms with E-state index in [2.05, 4.69) is 5.32 Å². The van der Waals surface area contributed by atoms with Crippen LogP contribution < -0.4 is 16.6 Å².